The third kappa shape index (κ3) is 4.41. The van der Waals surface area contributed by atoms with Crippen LogP contribution in [-0.4, -0.2) is 34.0 Å². The van der Waals surface area contributed by atoms with E-state index in [-0.39, 0.29) is 11.6 Å². The molecule has 0 bridgehead atoms. The van der Waals surface area contributed by atoms with E-state index in [1.165, 1.54) is 17.8 Å². The summed E-state index contributed by atoms with van der Waals surface area (Å²) < 4.78 is 0. The smallest absolute Gasteiger partial charge is 0.269 e. The molecule has 0 N–H and O–H groups in total. The molecule has 1 aliphatic rings. The average molecular weight is 417 g/mol. The highest BCUT2D eigenvalue weighted by Crippen LogP contribution is 2.24. The lowest BCUT2D eigenvalue weighted by Crippen LogP contribution is -2.32. The van der Waals surface area contributed by atoms with E-state index < -0.39 is 4.92 Å². The van der Waals surface area contributed by atoms with E-state index in [2.05, 4.69) is 4.99 Å². The molecule has 0 radical (unpaired) electrons. The first-order chi connectivity index (χ1) is 14.6. The van der Waals surface area contributed by atoms with Gasteiger partial charge in [0.25, 0.3) is 11.6 Å². The minimum atomic E-state index is -0.407. The van der Waals surface area contributed by atoms with Gasteiger partial charge in [0.05, 0.1) is 11.5 Å². The minimum absolute atomic E-state index is 0.0629. The molecule has 3 aromatic rings. The Morgan fingerprint density at radius 3 is 2.47 bits per heavy atom. The van der Waals surface area contributed by atoms with Crippen LogP contribution < -0.4 is 0 Å². The molecule has 1 aliphatic heterocycles. The summed E-state index contributed by atoms with van der Waals surface area (Å²) in [5.74, 6) is 0.425. The number of nitrogens with zero attached hydrogens (tertiary/aromatic N) is 3. The van der Waals surface area contributed by atoms with Crippen molar-refractivity contribution in [1.82, 2.24) is 4.90 Å². The summed E-state index contributed by atoms with van der Waals surface area (Å²) in [6.07, 6.45) is 0. The van der Waals surface area contributed by atoms with Gasteiger partial charge < -0.3 is 0 Å². The number of carbonyl (C=O) groups is 1. The standard InChI is InChI=1S/C23H19N3O3S/c27-22(20-11-9-19(10-12-20)18-6-2-1-3-7-18)25-14-13-24-23(25)30-16-17-5-4-8-21(15-17)26(28)29/h1-12,15H,13-14,16H2. The number of benzene rings is 3. The van der Waals surface area contributed by atoms with Crippen molar-refractivity contribution in [3.05, 3.63) is 100 Å². The Balaban J connectivity index is 1.43. The zero-order chi connectivity index (χ0) is 20.9. The largest absolute Gasteiger partial charge is 0.286 e. The molecule has 0 fully saturated rings. The van der Waals surface area contributed by atoms with Gasteiger partial charge in [0, 0.05) is 30.0 Å². The monoisotopic (exact) mass is 417 g/mol. The molecule has 0 aromatic heterocycles. The number of nitro groups is 1. The highest BCUT2D eigenvalue weighted by Gasteiger charge is 2.25. The zero-order valence-corrected chi connectivity index (χ0v) is 16.9. The molecule has 0 spiro atoms. The van der Waals surface area contributed by atoms with E-state index in [0.717, 1.165) is 16.7 Å². The summed E-state index contributed by atoms with van der Waals surface area (Å²) in [5.41, 5.74) is 3.66. The second-order valence-electron chi connectivity index (χ2n) is 6.78. The van der Waals surface area contributed by atoms with Crippen LogP contribution in [0.1, 0.15) is 15.9 Å². The summed E-state index contributed by atoms with van der Waals surface area (Å²) in [7, 11) is 0. The Morgan fingerprint density at radius 1 is 1.00 bits per heavy atom. The van der Waals surface area contributed by atoms with Crippen LogP contribution in [0.5, 0.6) is 0 Å². The highest BCUT2D eigenvalue weighted by molar-refractivity contribution is 8.13. The van der Waals surface area contributed by atoms with E-state index in [4.69, 9.17) is 0 Å². The molecule has 0 atom stereocenters. The lowest BCUT2D eigenvalue weighted by atomic mass is 10.0. The van der Waals surface area contributed by atoms with Crippen LogP contribution in [0, 0.1) is 10.1 Å². The summed E-state index contributed by atoms with van der Waals surface area (Å²) in [5, 5.41) is 11.6. The first-order valence-corrected chi connectivity index (χ1v) is 10.5. The average Bonchev–Trinajstić information content (AvgIpc) is 3.27. The predicted octanol–water partition coefficient (Wildman–Crippen LogP) is 5.01. The van der Waals surface area contributed by atoms with Crippen LogP contribution in [0.4, 0.5) is 5.69 Å². The van der Waals surface area contributed by atoms with Gasteiger partial charge in [-0.05, 0) is 28.8 Å². The Labute approximate surface area is 178 Å². The van der Waals surface area contributed by atoms with Crippen molar-refractivity contribution in [3.8, 4) is 11.1 Å². The number of carbonyl (C=O) groups excluding carboxylic acids is 1. The zero-order valence-electron chi connectivity index (χ0n) is 16.1. The molecule has 0 saturated heterocycles. The lowest BCUT2D eigenvalue weighted by molar-refractivity contribution is -0.384. The topological polar surface area (TPSA) is 75.8 Å². The fourth-order valence-corrected chi connectivity index (χ4v) is 4.23. The van der Waals surface area contributed by atoms with Crippen molar-refractivity contribution in [2.24, 2.45) is 4.99 Å². The number of hydrogen-bond donors (Lipinski definition) is 0. The molecule has 0 saturated carbocycles. The van der Waals surface area contributed by atoms with Crippen molar-refractivity contribution in [2.45, 2.75) is 5.75 Å². The van der Waals surface area contributed by atoms with E-state index in [9.17, 15) is 14.9 Å². The van der Waals surface area contributed by atoms with Crippen molar-refractivity contribution in [2.75, 3.05) is 13.1 Å². The fourth-order valence-electron chi connectivity index (χ4n) is 3.24. The highest BCUT2D eigenvalue weighted by atomic mass is 32.2. The molecule has 30 heavy (non-hydrogen) atoms. The van der Waals surface area contributed by atoms with Crippen LogP contribution in [0.3, 0.4) is 0 Å². The molecule has 7 heteroatoms. The van der Waals surface area contributed by atoms with Crippen molar-refractivity contribution in [1.29, 1.82) is 0 Å². The van der Waals surface area contributed by atoms with Gasteiger partial charge in [0.1, 0.15) is 0 Å². The van der Waals surface area contributed by atoms with Gasteiger partial charge in [-0.3, -0.25) is 24.8 Å². The maximum Gasteiger partial charge on any atom is 0.269 e. The van der Waals surface area contributed by atoms with Crippen LogP contribution in [0.25, 0.3) is 11.1 Å². The SMILES string of the molecule is O=C(c1ccc(-c2ccccc2)cc1)N1CCN=C1SCc1cccc([N+](=O)[O-])c1. The summed E-state index contributed by atoms with van der Waals surface area (Å²) in [6, 6.07) is 24.1. The van der Waals surface area contributed by atoms with E-state index in [1.807, 2.05) is 60.7 Å². The number of hydrogen-bond acceptors (Lipinski definition) is 5. The van der Waals surface area contributed by atoms with Gasteiger partial charge in [-0.25, -0.2) is 0 Å². The van der Waals surface area contributed by atoms with Gasteiger partial charge in [-0.15, -0.1) is 0 Å². The van der Waals surface area contributed by atoms with Gasteiger partial charge in [-0.2, -0.15) is 0 Å². The minimum Gasteiger partial charge on any atom is -0.286 e. The van der Waals surface area contributed by atoms with Crippen molar-refractivity contribution in [3.63, 3.8) is 0 Å². The number of amidine groups is 1. The molecule has 1 heterocycles. The predicted molar refractivity (Wildman–Crippen MR) is 120 cm³/mol. The number of nitro benzene ring substituents is 1. The Kier molecular flexibility index (Phi) is 5.90. The molecule has 0 aliphatic carbocycles. The molecule has 3 aromatic carbocycles. The maximum absolute atomic E-state index is 13.0. The van der Waals surface area contributed by atoms with Crippen molar-refractivity contribution < 1.29 is 9.72 Å². The molecule has 6 nitrogen and oxygen atoms in total. The molecule has 1 amide bonds. The van der Waals surface area contributed by atoms with E-state index >= 15 is 0 Å². The van der Waals surface area contributed by atoms with Gasteiger partial charge in [0.2, 0.25) is 0 Å². The Morgan fingerprint density at radius 2 is 1.73 bits per heavy atom. The third-order valence-electron chi connectivity index (χ3n) is 4.78. The quantitative estimate of drug-likeness (QED) is 0.432. The van der Waals surface area contributed by atoms with Crippen LogP contribution >= 0.6 is 11.8 Å². The number of amides is 1. The van der Waals surface area contributed by atoms with Crippen LogP contribution in [0.2, 0.25) is 0 Å². The number of rotatable bonds is 5. The van der Waals surface area contributed by atoms with E-state index in [0.29, 0.717) is 29.6 Å². The fraction of sp³-hybridized carbons (Fsp3) is 0.130. The normalized spacial score (nSPS) is 13.2. The Bertz CT molecular complexity index is 1100. The van der Waals surface area contributed by atoms with E-state index in [1.54, 1.807) is 17.0 Å². The Hall–Kier alpha value is -3.45. The van der Waals surface area contributed by atoms with Crippen LogP contribution in [-0.2, 0) is 5.75 Å². The first kappa shape index (κ1) is 19.8. The first-order valence-electron chi connectivity index (χ1n) is 9.50. The maximum atomic E-state index is 13.0. The number of thioether (sulfide) groups is 1. The third-order valence-corrected chi connectivity index (χ3v) is 5.86. The summed E-state index contributed by atoms with van der Waals surface area (Å²) in [6.45, 7) is 1.10. The number of aliphatic imine (C=N–C) groups is 1. The van der Waals surface area contributed by atoms with Gasteiger partial charge in [-0.1, -0.05) is 66.4 Å². The van der Waals surface area contributed by atoms with Gasteiger partial charge >= 0.3 is 0 Å². The summed E-state index contributed by atoms with van der Waals surface area (Å²) in [4.78, 5) is 29.7. The van der Waals surface area contributed by atoms with Crippen molar-refractivity contribution >= 4 is 28.5 Å². The molecule has 4 rings (SSSR count). The van der Waals surface area contributed by atoms with Gasteiger partial charge in [0.15, 0.2) is 5.17 Å². The number of non-ortho nitro benzene ring substituents is 1. The molecule has 0 unspecified atom stereocenters. The van der Waals surface area contributed by atoms with Crippen LogP contribution in [0.15, 0.2) is 83.9 Å². The second kappa shape index (κ2) is 8.92. The lowest BCUT2D eigenvalue weighted by Gasteiger charge is -2.18. The molecule has 150 valence electrons. The molecular weight excluding hydrogens is 398 g/mol. The second-order valence-corrected chi connectivity index (χ2v) is 7.72. The molecular formula is C23H19N3O3S. The summed E-state index contributed by atoms with van der Waals surface area (Å²) >= 11 is 1.42.